The van der Waals surface area contributed by atoms with Crippen molar-refractivity contribution in [3.8, 4) is 11.5 Å². The molecule has 0 unspecified atom stereocenters. The minimum atomic E-state index is 0.546. The van der Waals surface area contributed by atoms with E-state index in [4.69, 9.17) is 4.42 Å². The van der Waals surface area contributed by atoms with Crippen LogP contribution in [0.3, 0.4) is 0 Å². The zero-order valence-electron chi connectivity index (χ0n) is 15.2. The number of aromatic nitrogens is 2. The van der Waals surface area contributed by atoms with Gasteiger partial charge in [0.05, 0.1) is 22.9 Å². The van der Waals surface area contributed by atoms with Crippen LogP contribution in [0.1, 0.15) is 22.0 Å². The van der Waals surface area contributed by atoms with Crippen molar-refractivity contribution in [3.63, 3.8) is 0 Å². The Morgan fingerprint density at radius 2 is 1.92 bits per heavy atom. The van der Waals surface area contributed by atoms with Crippen molar-refractivity contribution >= 4 is 17.3 Å². The van der Waals surface area contributed by atoms with E-state index < -0.39 is 0 Å². The highest BCUT2D eigenvalue weighted by Gasteiger charge is 2.07. The van der Waals surface area contributed by atoms with Crippen molar-refractivity contribution in [3.05, 3.63) is 57.9 Å². The fourth-order valence-electron chi connectivity index (χ4n) is 2.44. The molecular formula is C19H23N5OS. The Hall–Kier alpha value is -2.67. The largest absolute Gasteiger partial charge is 0.444 e. The van der Waals surface area contributed by atoms with E-state index in [2.05, 4.69) is 37.9 Å². The summed E-state index contributed by atoms with van der Waals surface area (Å²) in [7, 11) is 1.75. The van der Waals surface area contributed by atoms with Gasteiger partial charge in [-0.3, -0.25) is 4.99 Å². The first kappa shape index (κ1) is 18.1. The zero-order valence-corrected chi connectivity index (χ0v) is 16.1. The maximum Gasteiger partial charge on any atom is 0.226 e. The summed E-state index contributed by atoms with van der Waals surface area (Å²) in [4.78, 5) is 13.2. The van der Waals surface area contributed by atoms with Gasteiger partial charge in [-0.05, 0) is 26.0 Å². The van der Waals surface area contributed by atoms with Crippen LogP contribution in [0.2, 0.25) is 0 Å². The molecule has 0 amide bonds. The molecule has 3 aromatic rings. The molecule has 0 aliphatic carbocycles. The second-order valence-corrected chi connectivity index (χ2v) is 7.03. The molecule has 2 aromatic heterocycles. The lowest BCUT2D eigenvalue weighted by Gasteiger charge is -2.10. The number of hydrogen-bond acceptors (Lipinski definition) is 5. The van der Waals surface area contributed by atoms with Crippen molar-refractivity contribution in [2.24, 2.45) is 4.99 Å². The Balaban J connectivity index is 1.48. The number of oxazole rings is 1. The monoisotopic (exact) mass is 369 g/mol. The van der Waals surface area contributed by atoms with Crippen molar-refractivity contribution in [1.82, 2.24) is 20.6 Å². The van der Waals surface area contributed by atoms with E-state index >= 15 is 0 Å². The van der Waals surface area contributed by atoms with Gasteiger partial charge in [-0.25, -0.2) is 9.97 Å². The number of aliphatic imine (C=N–C) groups is 1. The van der Waals surface area contributed by atoms with Crippen LogP contribution in [0, 0.1) is 13.8 Å². The third-order valence-electron chi connectivity index (χ3n) is 3.85. The van der Waals surface area contributed by atoms with Gasteiger partial charge in [0.1, 0.15) is 6.26 Å². The molecule has 0 fully saturated rings. The van der Waals surface area contributed by atoms with Gasteiger partial charge in [0.15, 0.2) is 5.96 Å². The molecule has 2 N–H and O–H groups in total. The Morgan fingerprint density at radius 1 is 1.12 bits per heavy atom. The highest BCUT2D eigenvalue weighted by atomic mass is 32.1. The van der Waals surface area contributed by atoms with Gasteiger partial charge < -0.3 is 15.1 Å². The predicted molar refractivity (Wildman–Crippen MR) is 105 cm³/mol. The van der Waals surface area contributed by atoms with E-state index in [1.54, 1.807) is 24.6 Å². The highest BCUT2D eigenvalue weighted by molar-refractivity contribution is 7.09. The van der Waals surface area contributed by atoms with Gasteiger partial charge >= 0.3 is 0 Å². The normalized spacial score (nSPS) is 11.6. The zero-order chi connectivity index (χ0) is 18.4. The number of hydrogen-bond donors (Lipinski definition) is 2. The highest BCUT2D eigenvalue weighted by Crippen LogP contribution is 2.18. The summed E-state index contributed by atoms with van der Waals surface area (Å²) in [6, 6.07) is 8.12. The van der Waals surface area contributed by atoms with E-state index in [1.165, 1.54) is 5.56 Å². The summed E-state index contributed by atoms with van der Waals surface area (Å²) >= 11 is 1.67. The fourth-order valence-corrected chi connectivity index (χ4v) is 3.09. The summed E-state index contributed by atoms with van der Waals surface area (Å²) in [5.74, 6) is 1.36. The maximum absolute atomic E-state index is 5.58. The van der Waals surface area contributed by atoms with Crippen LogP contribution in [0.25, 0.3) is 11.5 Å². The average molecular weight is 369 g/mol. The second kappa shape index (κ2) is 8.62. The SMILES string of the molecule is CN=C(NCCc1csc(C)n1)NCc1coc(-c2ccc(C)cc2)n1. The molecular weight excluding hydrogens is 346 g/mol. The van der Waals surface area contributed by atoms with Crippen LogP contribution in [0.4, 0.5) is 0 Å². The van der Waals surface area contributed by atoms with E-state index in [0.29, 0.717) is 12.4 Å². The van der Waals surface area contributed by atoms with Gasteiger partial charge in [-0.2, -0.15) is 0 Å². The Morgan fingerprint density at radius 3 is 2.62 bits per heavy atom. The van der Waals surface area contributed by atoms with Crippen LogP contribution < -0.4 is 10.6 Å². The van der Waals surface area contributed by atoms with E-state index in [1.807, 2.05) is 31.2 Å². The smallest absolute Gasteiger partial charge is 0.226 e. The molecule has 1 aromatic carbocycles. The molecule has 0 saturated heterocycles. The number of guanidine groups is 1. The first-order valence-electron chi connectivity index (χ1n) is 8.51. The number of nitrogens with one attached hydrogen (secondary N) is 2. The van der Waals surface area contributed by atoms with Gasteiger partial charge in [0.2, 0.25) is 5.89 Å². The van der Waals surface area contributed by atoms with Crippen LogP contribution in [0.15, 0.2) is 45.3 Å². The number of thiazole rings is 1. The minimum absolute atomic E-state index is 0.546. The summed E-state index contributed by atoms with van der Waals surface area (Å²) < 4.78 is 5.58. The number of benzene rings is 1. The van der Waals surface area contributed by atoms with E-state index in [-0.39, 0.29) is 0 Å². The first-order chi connectivity index (χ1) is 12.6. The molecule has 26 heavy (non-hydrogen) atoms. The van der Waals surface area contributed by atoms with Crippen molar-refractivity contribution < 1.29 is 4.42 Å². The lowest BCUT2D eigenvalue weighted by molar-refractivity contribution is 0.572. The molecule has 0 aliphatic rings. The molecule has 136 valence electrons. The lowest BCUT2D eigenvalue weighted by Crippen LogP contribution is -2.37. The van der Waals surface area contributed by atoms with Crippen LogP contribution in [-0.4, -0.2) is 29.5 Å². The third-order valence-corrected chi connectivity index (χ3v) is 4.67. The molecule has 0 radical (unpaired) electrons. The Labute approximate surface area is 157 Å². The number of aryl methyl sites for hydroxylation is 2. The van der Waals surface area contributed by atoms with Crippen LogP contribution in [-0.2, 0) is 13.0 Å². The predicted octanol–water partition coefficient (Wildman–Crippen LogP) is 3.32. The van der Waals surface area contributed by atoms with Gasteiger partial charge in [-0.15, -0.1) is 11.3 Å². The summed E-state index contributed by atoms with van der Waals surface area (Å²) in [6.45, 7) is 5.40. The molecule has 6 nitrogen and oxygen atoms in total. The summed E-state index contributed by atoms with van der Waals surface area (Å²) in [5, 5.41) is 9.72. The molecule has 0 bridgehead atoms. The van der Waals surface area contributed by atoms with Crippen LogP contribution >= 0.6 is 11.3 Å². The lowest BCUT2D eigenvalue weighted by atomic mass is 10.1. The topological polar surface area (TPSA) is 75.3 Å². The Kier molecular flexibility index (Phi) is 6.01. The standard InChI is InChI=1S/C19H23N5OS/c1-13-4-6-15(7-5-13)18-24-17(11-25-18)10-22-19(20-3)21-9-8-16-12-26-14(2)23-16/h4-7,11-12H,8-10H2,1-3H3,(H2,20,21,22). The summed E-state index contributed by atoms with van der Waals surface area (Å²) in [6.07, 6.45) is 2.54. The average Bonchev–Trinajstić information content (AvgIpc) is 3.28. The quantitative estimate of drug-likeness (QED) is 0.515. The van der Waals surface area contributed by atoms with Gasteiger partial charge in [0, 0.05) is 31.0 Å². The van der Waals surface area contributed by atoms with Crippen molar-refractivity contribution in [2.45, 2.75) is 26.8 Å². The fraction of sp³-hybridized carbons (Fsp3) is 0.316. The van der Waals surface area contributed by atoms with E-state index in [0.717, 1.165) is 40.9 Å². The van der Waals surface area contributed by atoms with Crippen molar-refractivity contribution in [1.29, 1.82) is 0 Å². The molecule has 3 rings (SSSR count). The second-order valence-electron chi connectivity index (χ2n) is 5.97. The summed E-state index contributed by atoms with van der Waals surface area (Å²) in [5.41, 5.74) is 4.13. The van der Waals surface area contributed by atoms with Crippen molar-refractivity contribution in [2.75, 3.05) is 13.6 Å². The third kappa shape index (κ3) is 4.92. The molecule has 0 atom stereocenters. The molecule has 0 spiro atoms. The molecule has 0 saturated carbocycles. The number of nitrogens with zero attached hydrogens (tertiary/aromatic N) is 3. The first-order valence-corrected chi connectivity index (χ1v) is 9.39. The van der Waals surface area contributed by atoms with Gasteiger partial charge in [-0.1, -0.05) is 17.7 Å². The Bertz CT molecular complexity index is 866. The number of rotatable bonds is 6. The van der Waals surface area contributed by atoms with Crippen LogP contribution in [0.5, 0.6) is 0 Å². The van der Waals surface area contributed by atoms with Gasteiger partial charge in [0.25, 0.3) is 0 Å². The molecule has 7 heteroatoms. The molecule has 2 heterocycles. The van der Waals surface area contributed by atoms with E-state index in [9.17, 15) is 0 Å². The maximum atomic E-state index is 5.58. The molecule has 0 aliphatic heterocycles. The minimum Gasteiger partial charge on any atom is -0.444 e.